The highest BCUT2D eigenvalue weighted by Gasteiger charge is 2.15. The molecule has 102 valence electrons. The Morgan fingerprint density at radius 1 is 1.05 bits per heavy atom. The van der Waals surface area contributed by atoms with E-state index < -0.39 is 0 Å². The van der Waals surface area contributed by atoms with E-state index in [1.54, 1.807) is 24.2 Å². The van der Waals surface area contributed by atoms with E-state index in [0.717, 1.165) is 16.5 Å². The molecule has 0 spiro atoms. The van der Waals surface area contributed by atoms with Crippen LogP contribution in [0.25, 0.3) is 0 Å². The first-order chi connectivity index (χ1) is 9.35. The van der Waals surface area contributed by atoms with Crippen LogP contribution in [-0.4, -0.2) is 9.97 Å². The second-order valence-electron chi connectivity index (χ2n) is 3.64. The summed E-state index contributed by atoms with van der Waals surface area (Å²) >= 11 is 1.65. The van der Waals surface area contributed by atoms with Crippen molar-refractivity contribution in [3.05, 3.63) is 36.7 Å². The molecule has 0 saturated heterocycles. The SMILES string of the molecule is CC.CCC.c1ccc2c(c1)Nc1nccnc1S2. The maximum absolute atomic E-state index is 4.26. The average Bonchev–Trinajstić information content (AvgIpc) is 2.48. The summed E-state index contributed by atoms with van der Waals surface area (Å²) in [6.45, 7) is 8.25. The number of hydrogen-bond acceptors (Lipinski definition) is 4. The van der Waals surface area contributed by atoms with E-state index in [2.05, 4.69) is 35.2 Å². The third-order valence-corrected chi connectivity index (χ3v) is 3.08. The van der Waals surface area contributed by atoms with E-state index in [1.165, 1.54) is 11.3 Å². The number of fused-ring (bicyclic) bond motifs is 2. The number of nitrogens with one attached hydrogen (secondary N) is 1. The van der Waals surface area contributed by atoms with Gasteiger partial charge in [-0.15, -0.1) is 0 Å². The van der Waals surface area contributed by atoms with E-state index in [9.17, 15) is 0 Å². The van der Waals surface area contributed by atoms with Gasteiger partial charge in [0.05, 0.1) is 5.69 Å². The van der Waals surface area contributed by atoms with Crippen molar-refractivity contribution < 1.29 is 0 Å². The Morgan fingerprint density at radius 3 is 2.42 bits per heavy atom. The van der Waals surface area contributed by atoms with Crippen molar-refractivity contribution in [1.29, 1.82) is 0 Å². The lowest BCUT2D eigenvalue weighted by Crippen LogP contribution is -2.02. The first-order valence-corrected chi connectivity index (χ1v) is 7.51. The lowest BCUT2D eigenvalue weighted by Gasteiger charge is -2.17. The molecule has 3 rings (SSSR count). The summed E-state index contributed by atoms with van der Waals surface area (Å²) in [6, 6.07) is 8.15. The zero-order valence-corrected chi connectivity index (χ0v) is 12.8. The highest BCUT2D eigenvalue weighted by molar-refractivity contribution is 7.99. The van der Waals surface area contributed by atoms with Crippen LogP contribution in [0.15, 0.2) is 46.6 Å². The van der Waals surface area contributed by atoms with Crippen molar-refractivity contribution in [2.45, 2.75) is 44.0 Å². The second kappa shape index (κ2) is 8.53. The summed E-state index contributed by atoms with van der Waals surface area (Å²) in [5.41, 5.74) is 1.10. The molecular formula is C15H21N3S. The fourth-order valence-electron chi connectivity index (χ4n) is 1.38. The second-order valence-corrected chi connectivity index (χ2v) is 4.67. The van der Waals surface area contributed by atoms with Gasteiger partial charge in [-0.2, -0.15) is 0 Å². The average molecular weight is 275 g/mol. The van der Waals surface area contributed by atoms with Crippen LogP contribution in [0, 0.1) is 0 Å². The van der Waals surface area contributed by atoms with Gasteiger partial charge in [-0.3, -0.25) is 0 Å². The van der Waals surface area contributed by atoms with E-state index in [-0.39, 0.29) is 0 Å². The molecule has 1 aliphatic heterocycles. The van der Waals surface area contributed by atoms with Gasteiger partial charge in [0.25, 0.3) is 0 Å². The van der Waals surface area contributed by atoms with Crippen LogP contribution >= 0.6 is 11.8 Å². The molecular weight excluding hydrogens is 254 g/mol. The van der Waals surface area contributed by atoms with Gasteiger partial charge in [0.2, 0.25) is 0 Å². The predicted molar refractivity (Wildman–Crippen MR) is 83.2 cm³/mol. The fraction of sp³-hybridized carbons (Fsp3) is 0.333. The lowest BCUT2D eigenvalue weighted by molar-refractivity contribution is 1.05. The zero-order valence-electron chi connectivity index (χ0n) is 12.0. The maximum atomic E-state index is 4.26. The minimum Gasteiger partial charge on any atom is -0.337 e. The smallest absolute Gasteiger partial charge is 0.163 e. The van der Waals surface area contributed by atoms with E-state index in [0.29, 0.717) is 0 Å². The molecule has 2 aromatic rings. The van der Waals surface area contributed by atoms with E-state index in [4.69, 9.17) is 0 Å². The van der Waals surface area contributed by atoms with Crippen LogP contribution in [-0.2, 0) is 0 Å². The quantitative estimate of drug-likeness (QED) is 0.617. The molecule has 0 fully saturated rings. The standard InChI is InChI=1S/C10H7N3S.C3H8.C2H6/c1-2-4-8-7(3-1)13-9-10(14-8)12-6-5-11-9;1-3-2;1-2/h1-6H,(H,11,13);3H2,1-2H3;1-2H3. The number of hydrogen-bond donors (Lipinski definition) is 1. The Labute approximate surface area is 119 Å². The van der Waals surface area contributed by atoms with Gasteiger partial charge in [-0.25, -0.2) is 9.97 Å². The van der Waals surface area contributed by atoms with Gasteiger partial charge in [0.15, 0.2) is 5.82 Å². The molecule has 0 amide bonds. The van der Waals surface area contributed by atoms with Gasteiger partial charge in [0.1, 0.15) is 5.03 Å². The summed E-state index contributed by atoms with van der Waals surface area (Å²) in [5.74, 6) is 0.844. The highest BCUT2D eigenvalue weighted by Crippen LogP contribution is 2.41. The Hall–Kier alpha value is -1.55. The number of anilines is 2. The number of aromatic nitrogens is 2. The molecule has 0 unspecified atom stereocenters. The van der Waals surface area contributed by atoms with Crippen LogP contribution in [0.5, 0.6) is 0 Å². The van der Waals surface area contributed by atoms with Crippen LogP contribution < -0.4 is 5.32 Å². The minimum absolute atomic E-state index is 0.844. The van der Waals surface area contributed by atoms with Crippen LogP contribution in [0.4, 0.5) is 11.5 Å². The molecule has 3 nitrogen and oxygen atoms in total. The summed E-state index contributed by atoms with van der Waals surface area (Å²) < 4.78 is 0. The van der Waals surface area contributed by atoms with Crippen molar-refractivity contribution in [3.8, 4) is 0 Å². The number of benzene rings is 1. The zero-order chi connectivity index (χ0) is 14.1. The van der Waals surface area contributed by atoms with Crippen molar-refractivity contribution in [3.63, 3.8) is 0 Å². The topological polar surface area (TPSA) is 37.8 Å². The lowest BCUT2D eigenvalue weighted by atomic mass is 10.3. The van der Waals surface area contributed by atoms with E-state index in [1.807, 2.05) is 32.0 Å². The van der Waals surface area contributed by atoms with Crippen molar-refractivity contribution in [2.24, 2.45) is 0 Å². The van der Waals surface area contributed by atoms with Crippen LogP contribution in [0.3, 0.4) is 0 Å². The van der Waals surface area contributed by atoms with Crippen LogP contribution in [0.2, 0.25) is 0 Å². The third-order valence-electron chi connectivity index (χ3n) is 2.01. The molecule has 0 bridgehead atoms. The molecule has 1 aromatic carbocycles. The molecule has 19 heavy (non-hydrogen) atoms. The Kier molecular flexibility index (Phi) is 6.97. The molecule has 1 aromatic heterocycles. The van der Waals surface area contributed by atoms with Crippen molar-refractivity contribution in [1.82, 2.24) is 9.97 Å². The highest BCUT2D eigenvalue weighted by atomic mass is 32.2. The van der Waals surface area contributed by atoms with Crippen molar-refractivity contribution in [2.75, 3.05) is 5.32 Å². The van der Waals surface area contributed by atoms with Crippen molar-refractivity contribution >= 4 is 23.3 Å². The monoisotopic (exact) mass is 275 g/mol. The molecule has 0 saturated carbocycles. The number of para-hydroxylation sites is 1. The molecule has 0 atom stereocenters. The van der Waals surface area contributed by atoms with Gasteiger partial charge in [-0.05, 0) is 12.1 Å². The molecule has 4 heteroatoms. The van der Waals surface area contributed by atoms with Gasteiger partial charge in [0, 0.05) is 17.3 Å². The third kappa shape index (κ3) is 4.24. The number of rotatable bonds is 0. The molecule has 2 heterocycles. The summed E-state index contributed by atoms with van der Waals surface area (Å²) in [4.78, 5) is 9.67. The normalized spacial score (nSPS) is 10.5. The van der Waals surface area contributed by atoms with Crippen LogP contribution in [0.1, 0.15) is 34.1 Å². The first-order valence-electron chi connectivity index (χ1n) is 6.70. The summed E-state index contributed by atoms with van der Waals surface area (Å²) in [5, 5.41) is 4.18. The fourth-order valence-corrected chi connectivity index (χ4v) is 2.27. The molecule has 1 aliphatic rings. The largest absolute Gasteiger partial charge is 0.337 e. The predicted octanol–water partition coefficient (Wildman–Crippen LogP) is 5.13. The van der Waals surface area contributed by atoms with Gasteiger partial charge < -0.3 is 5.32 Å². The summed E-state index contributed by atoms with van der Waals surface area (Å²) in [6.07, 6.45) is 4.65. The molecule has 1 N–H and O–H groups in total. The Morgan fingerprint density at radius 2 is 1.68 bits per heavy atom. The van der Waals surface area contributed by atoms with E-state index >= 15 is 0 Å². The first kappa shape index (κ1) is 15.5. The molecule has 0 radical (unpaired) electrons. The summed E-state index contributed by atoms with van der Waals surface area (Å²) in [7, 11) is 0. The van der Waals surface area contributed by atoms with Gasteiger partial charge >= 0.3 is 0 Å². The minimum atomic E-state index is 0.844. The maximum Gasteiger partial charge on any atom is 0.163 e. The molecule has 0 aliphatic carbocycles. The Balaban J connectivity index is 0.000000321. The van der Waals surface area contributed by atoms with Gasteiger partial charge in [-0.1, -0.05) is 58.0 Å². The Bertz CT molecular complexity index is 413. The number of nitrogens with zero attached hydrogens (tertiary/aromatic N) is 2.